The average Bonchev–Trinajstić information content (AvgIpc) is 4.45. The molecule has 1 unspecified atom stereocenters. The van der Waals surface area contributed by atoms with Crippen LogP contribution in [-0.4, -0.2) is 0 Å². The smallest absolute Gasteiger partial charge is 0.0726 e. The Morgan fingerprint density at radius 2 is 0.711 bits per heavy atom. The molecule has 4 aliphatic carbocycles. The molecule has 17 rings (SSSR count). The topological polar surface area (TPSA) is 3.24 Å². The van der Waals surface area contributed by atoms with Gasteiger partial charge in [-0.15, -0.1) is 11.3 Å². The maximum atomic E-state index is 2.57. The molecule has 1 atom stereocenters. The van der Waals surface area contributed by atoms with Crippen molar-refractivity contribution in [2.45, 2.75) is 10.8 Å². The second-order valence-corrected chi connectivity index (χ2v) is 22.0. The van der Waals surface area contributed by atoms with Gasteiger partial charge in [0.05, 0.1) is 16.5 Å². The highest BCUT2D eigenvalue weighted by atomic mass is 32.1. The fourth-order valence-electron chi connectivity index (χ4n) is 14.6. The summed E-state index contributed by atoms with van der Waals surface area (Å²) >= 11 is 1.89. The lowest BCUT2D eigenvalue weighted by atomic mass is 9.70. The Kier molecular flexibility index (Phi) is 8.63. The highest BCUT2D eigenvalue weighted by Gasteiger charge is 2.54. The zero-order chi connectivity index (χ0) is 49.7. The number of rotatable bonds is 5. The van der Waals surface area contributed by atoms with E-state index >= 15 is 0 Å². The van der Waals surface area contributed by atoms with Crippen molar-refractivity contribution in [1.82, 2.24) is 0 Å². The summed E-state index contributed by atoms with van der Waals surface area (Å²) < 4.78 is 2.64. The number of fused-ring (bicyclic) bond motifs is 23. The summed E-state index contributed by atoms with van der Waals surface area (Å²) in [6.45, 7) is 0. The van der Waals surface area contributed by atoms with Crippen LogP contribution < -0.4 is 4.90 Å². The maximum absolute atomic E-state index is 2.57. The number of benzene rings is 12. The fourth-order valence-corrected chi connectivity index (χ4v) is 15.8. The minimum Gasteiger partial charge on any atom is -0.310 e. The Hall–Kier alpha value is -9.34. The average molecular weight is 980 g/mol. The van der Waals surface area contributed by atoms with Gasteiger partial charge in [-0.25, -0.2) is 0 Å². The largest absolute Gasteiger partial charge is 0.310 e. The predicted octanol–water partition coefficient (Wildman–Crippen LogP) is 19.5. The van der Waals surface area contributed by atoms with E-state index in [0.29, 0.717) is 0 Å². The molecule has 0 amide bonds. The number of anilines is 3. The van der Waals surface area contributed by atoms with E-state index in [1.54, 1.807) is 0 Å². The van der Waals surface area contributed by atoms with Crippen molar-refractivity contribution in [3.05, 3.63) is 317 Å². The van der Waals surface area contributed by atoms with E-state index < -0.39 is 10.8 Å². The van der Waals surface area contributed by atoms with E-state index in [2.05, 4.69) is 278 Å². The first-order valence-electron chi connectivity index (χ1n) is 26.5. The summed E-state index contributed by atoms with van der Waals surface area (Å²) in [4.78, 5) is 2.57. The highest BCUT2D eigenvalue weighted by molar-refractivity contribution is 7.26. The molecular formula is C74H45NS. The quantitative estimate of drug-likeness (QED) is 0.166. The van der Waals surface area contributed by atoms with Crippen molar-refractivity contribution in [3.8, 4) is 66.8 Å². The van der Waals surface area contributed by atoms with Gasteiger partial charge < -0.3 is 4.90 Å². The van der Waals surface area contributed by atoms with Gasteiger partial charge in [0.25, 0.3) is 0 Å². The molecule has 1 nitrogen and oxygen atoms in total. The lowest BCUT2D eigenvalue weighted by Gasteiger charge is -2.33. The van der Waals surface area contributed by atoms with Gasteiger partial charge >= 0.3 is 0 Å². The van der Waals surface area contributed by atoms with Crippen LogP contribution in [0.2, 0.25) is 0 Å². The SMILES string of the molecule is c1ccc(-c2ccc3c(c2)C2(c4ccccc4-3)c3ccccc3-c3c(N(c4ccc(-c5cccc6c5sc5ccccc56)cc4)c4ccc5c(c4)C4(c6ccccc6-c6ccccc64)c4ccccc4-5)cccc32)cc1. The second-order valence-electron chi connectivity index (χ2n) is 20.9. The van der Waals surface area contributed by atoms with E-state index in [9.17, 15) is 0 Å². The fraction of sp³-hybridized carbons (Fsp3) is 0.0270. The van der Waals surface area contributed by atoms with Gasteiger partial charge in [-0.1, -0.05) is 231 Å². The summed E-state index contributed by atoms with van der Waals surface area (Å²) in [5.74, 6) is 0. The lowest BCUT2D eigenvalue weighted by molar-refractivity contribution is 0.793. The van der Waals surface area contributed by atoms with E-state index in [0.717, 1.165) is 17.1 Å². The molecule has 0 N–H and O–H groups in total. The zero-order valence-corrected chi connectivity index (χ0v) is 42.2. The molecule has 0 aliphatic heterocycles. The summed E-state index contributed by atoms with van der Waals surface area (Å²) in [6.07, 6.45) is 0. The Balaban J connectivity index is 0.932. The van der Waals surface area contributed by atoms with Gasteiger partial charge in [-0.2, -0.15) is 0 Å². The molecule has 0 saturated carbocycles. The second kappa shape index (κ2) is 15.6. The number of nitrogens with zero attached hydrogens (tertiary/aromatic N) is 1. The Labute approximate surface area is 445 Å². The van der Waals surface area contributed by atoms with Crippen LogP contribution in [0.25, 0.3) is 86.9 Å². The van der Waals surface area contributed by atoms with Crippen molar-refractivity contribution in [3.63, 3.8) is 0 Å². The first-order valence-corrected chi connectivity index (χ1v) is 27.3. The van der Waals surface area contributed by atoms with Crippen LogP contribution >= 0.6 is 11.3 Å². The van der Waals surface area contributed by atoms with Crippen molar-refractivity contribution in [2.24, 2.45) is 0 Å². The molecule has 1 aromatic heterocycles. The van der Waals surface area contributed by atoms with Gasteiger partial charge in [0.1, 0.15) is 0 Å². The van der Waals surface area contributed by atoms with E-state index in [1.807, 2.05) is 11.3 Å². The number of hydrogen-bond donors (Lipinski definition) is 0. The van der Waals surface area contributed by atoms with E-state index in [-0.39, 0.29) is 0 Å². The van der Waals surface area contributed by atoms with Gasteiger partial charge in [-0.05, 0) is 148 Å². The van der Waals surface area contributed by atoms with Gasteiger partial charge in [-0.3, -0.25) is 0 Å². The van der Waals surface area contributed by atoms with E-state index in [1.165, 1.54) is 131 Å². The minimum atomic E-state index is -0.544. The molecule has 2 heteroatoms. The van der Waals surface area contributed by atoms with Gasteiger partial charge in [0, 0.05) is 37.1 Å². The molecule has 2 spiro atoms. The normalized spacial score (nSPS) is 15.3. The van der Waals surface area contributed by atoms with Gasteiger partial charge in [0.2, 0.25) is 0 Å². The Morgan fingerprint density at radius 3 is 1.37 bits per heavy atom. The molecule has 4 aliphatic rings. The van der Waals surface area contributed by atoms with Crippen molar-refractivity contribution in [2.75, 3.05) is 4.90 Å². The highest BCUT2D eigenvalue weighted by Crippen LogP contribution is 2.67. The lowest BCUT2D eigenvalue weighted by Crippen LogP contribution is -2.26. The molecule has 0 radical (unpaired) electrons. The predicted molar refractivity (Wildman–Crippen MR) is 317 cm³/mol. The zero-order valence-electron chi connectivity index (χ0n) is 41.3. The summed E-state index contributed by atoms with van der Waals surface area (Å²) in [7, 11) is 0. The first kappa shape index (κ1) is 42.1. The third-order valence-corrected chi connectivity index (χ3v) is 18.7. The van der Waals surface area contributed by atoms with Crippen LogP contribution in [0.4, 0.5) is 17.1 Å². The summed E-state index contributed by atoms with van der Waals surface area (Å²) in [6, 6.07) is 103. The molecule has 1 heterocycles. The van der Waals surface area contributed by atoms with Crippen molar-refractivity contribution in [1.29, 1.82) is 0 Å². The van der Waals surface area contributed by atoms with Crippen LogP contribution in [0, 0.1) is 0 Å². The van der Waals surface area contributed by atoms with Crippen LogP contribution in [0.5, 0.6) is 0 Å². The molecule has 0 saturated heterocycles. The molecule has 12 aromatic carbocycles. The Morgan fingerprint density at radius 1 is 0.263 bits per heavy atom. The molecule has 0 bridgehead atoms. The number of thiophene rings is 1. The van der Waals surface area contributed by atoms with Crippen LogP contribution in [-0.2, 0) is 10.8 Å². The first-order chi connectivity index (χ1) is 37.7. The third kappa shape index (κ3) is 5.38. The number of hydrogen-bond acceptors (Lipinski definition) is 2. The molecule has 0 fully saturated rings. The van der Waals surface area contributed by atoms with Crippen LogP contribution in [0.1, 0.15) is 44.5 Å². The van der Waals surface area contributed by atoms with Crippen molar-refractivity contribution < 1.29 is 0 Å². The molecule has 76 heavy (non-hydrogen) atoms. The molecule has 352 valence electrons. The monoisotopic (exact) mass is 979 g/mol. The standard InChI is InChI=1S/C74H45NS/c1-2-18-46(19-3-1)48-38-42-56-54-22-7-13-31-64(54)74(67(56)44-48)65-32-14-8-25-60(65)71-66(74)33-17-34-69(71)75(49-39-36-47(37-40-49)51-26-16-27-59-58-24-9-15-35-70(58)76-72(51)59)50-41-43-57-55-23-6-12-30-63(55)73(68(57)45-50)61-28-10-4-20-52(61)53-21-5-11-29-62(53)73/h1-45H. The summed E-state index contributed by atoms with van der Waals surface area (Å²) in [5.41, 5.74) is 28.2. The minimum absolute atomic E-state index is 0.489. The molecule has 13 aromatic rings. The van der Waals surface area contributed by atoms with Crippen LogP contribution in [0.15, 0.2) is 273 Å². The summed E-state index contributed by atoms with van der Waals surface area (Å²) in [5, 5.41) is 2.63. The Bertz CT molecular complexity index is 4530. The third-order valence-electron chi connectivity index (χ3n) is 17.5. The van der Waals surface area contributed by atoms with Crippen LogP contribution in [0.3, 0.4) is 0 Å². The van der Waals surface area contributed by atoms with Crippen molar-refractivity contribution >= 4 is 48.6 Å². The maximum Gasteiger partial charge on any atom is 0.0726 e. The molecular weight excluding hydrogens is 935 g/mol. The van der Waals surface area contributed by atoms with E-state index in [4.69, 9.17) is 0 Å². The van der Waals surface area contributed by atoms with Gasteiger partial charge in [0.15, 0.2) is 0 Å².